The zero-order valence-corrected chi connectivity index (χ0v) is 13.7. The largest absolute Gasteiger partial charge is 0.331 e. The van der Waals surface area contributed by atoms with Crippen molar-refractivity contribution in [1.82, 2.24) is 20.1 Å². The van der Waals surface area contributed by atoms with E-state index in [1.165, 1.54) is 0 Å². The van der Waals surface area contributed by atoms with E-state index in [2.05, 4.69) is 20.8 Å². The lowest BCUT2D eigenvalue weighted by Gasteiger charge is -2.11. The van der Waals surface area contributed by atoms with Gasteiger partial charge in [0.2, 0.25) is 0 Å². The van der Waals surface area contributed by atoms with Crippen molar-refractivity contribution in [2.45, 2.75) is 20.4 Å². The topological polar surface area (TPSA) is 71.8 Å². The number of aryl methyl sites for hydroxylation is 2. The molecule has 0 aliphatic carbocycles. The molecular formula is C18H19N5O. The highest BCUT2D eigenvalue weighted by molar-refractivity contribution is 5.90. The highest BCUT2D eigenvalue weighted by Gasteiger charge is 2.09. The second-order valence-electron chi connectivity index (χ2n) is 5.58. The van der Waals surface area contributed by atoms with Gasteiger partial charge in [-0.1, -0.05) is 35.9 Å². The van der Waals surface area contributed by atoms with E-state index in [-0.39, 0.29) is 12.6 Å². The van der Waals surface area contributed by atoms with Crippen molar-refractivity contribution in [1.29, 1.82) is 0 Å². The molecule has 2 N–H and O–H groups in total. The third-order valence-corrected chi connectivity index (χ3v) is 3.69. The predicted octanol–water partition coefficient (Wildman–Crippen LogP) is 3.21. The Hall–Kier alpha value is -3.15. The van der Waals surface area contributed by atoms with Gasteiger partial charge >= 0.3 is 6.03 Å². The number of hydrogen-bond donors (Lipinski definition) is 2. The number of aromatic nitrogens is 3. The van der Waals surface area contributed by atoms with E-state index in [0.29, 0.717) is 5.82 Å². The number of para-hydroxylation sites is 1. The number of benzene rings is 2. The number of carbonyl (C=O) groups is 1. The fourth-order valence-electron chi connectivity index (χ4n) is 2.46. The highest BCUT2D eigenvalue weighted by atomic mass is 16.2. The summed E-state index contributed by atoms with van der Waals surface area (Å²) in [7, 11) is 0. The molecule has 0 aliphatic heterocycles. The maximum absolute atomic E-state index is 12.1. The molecule has 3 aromatic rings. The molecule has 0 saturated heterocycles. The number of hydrogen-bond acceptors (Lipinski definition) is 3. The number of urea groups is 1. The normalized spacial score (nSPS) is 10.4. The van der Waals surface area contributed by atoms with Crippen molar-refractivity contribution < 1.29 is 4.79 Å². The number of rotatable bonds is 4. The van der Waals surface area contributed by atoms with Crippen LogP contribution < -0.4 is 10.6 Å². The molecule has 0 atom stereocenters. The summed E-state index contributed by atoms with van der Waals surface area (Å²) < 4.78 is 1.84. The fourth-order valence-corrected chi connectivity index (χ4v) is 2.46. The average molecular weight is 321 g/mol. The average Bonchev–Trinajstić information content (AvgIpc) is 3.05. The summed E-state index contributed by atoms with van der Waals surface area (Å²) in [5.41, 5.74) is 3.93. The first-order valence-corrected chi connectivity index (χ1v) is 7.70. The first kappa shape index (κ1) is 15.7. The van der Waals surface area contributed by atoms with E-state index in [0.717, 1.165) is 22.5 Å². The van der Waals surface area contributed by atoms with Crippen LogP contribution in [-0.4, -0.2) is 20.8 Å². The number of nitrogens with one attached hydrogen (secondary N) is 2. The smallest absolute Gasteiger partial charge is 0.319 e. The van der Waals surface area contributed by atoms with Crippen molar-refractivity contribution in [2.75, 3.05) is 5.32 Å². The summed E-state index contributed by atoms with van der Waals surface area (Å²) in [5, 5.41) is 13.7. The van der Waals surface area contributed by atoms with Gasteiger partial charge in [-0.15, -0.1) is 10.2 Å². The molecule has 2 amide bonds. The van der Waals surface area contributed by atoms with Crippen molar-refractivity contribution >= 4 is 11.7 Å². The Morgan fingerprint density at radius 1 is 1.12 bits per heavy atom. The molecule has 0 aliphatic rings. The van der Waals surface area contributed by atoms with Gasteiger partial charge in [0.15, 0.2) is 5.82 Å². The minimum absolute atomic E-state index is 0.274. The molecule has 6 heteroatoms. The van der Waals surface area contributed by atoms with Gasteiger partial charge in [-0.05, 0) is 37.6 Å². The number of nitrogens with zero attached hydrogens (tertiary/aromatic N) is 3. The van der Waals surface area contributed by atoms with Gasteiger partial charge in [0.05, 0.1) is 6.54 Å². The summed E-state index contributed by atoms with van der Waals surface area (Å²) in [4.78, 5) is 12.1. The molecule has 0 radical (unpaired) electrons. The lowest BCUT2D eigenvalue weighted by molar-refractivity contribution is 0.251. The number of carbonyl (C=O) groups excluding carboxylic acids is 1. The van der Waals surface area contributed by atoms with Crippen LogP contribution in [0.15, 0.2) is 54.9 Å². The monoisotopic (exact) mass is 321 g/mol. The Labute approximate surface area is 140 Å². The van der Waals surface area contributed by atoms with Gasteiger partial charge in [0.25, 0.3) is 0 Å². The Bertz CT molecular complexity index is 842. The summed E-state index contributed by atoms with van der Waals surface area (Å²) in [6.07, 6.45) is 1.63. The third kappa shape index (κ3) is 3.60. The Kier molecular flexibility index (Phi) is 4.56. The van der Waals surface area contributed by atoms with Gasteiger partial charge in [0, 0.05) is 11.4 Å². The lowest BCUT2D eigenvalue weighted by atomic mass is 10.1. The van der Waals surface area contributed by atoms with E-state index >= 15 is 0 Å². The van der Waals surface area contributed by atoms with Gasteiger partial charge in [-0.2, -0.15) is 0 Å². The van der Waals surface area contributed by atoms with Crippen LogP contribution in [0, 0.1) is 13.8 Å². The van der Waals surface area contributed by atoms with Crippen molar-refractivity contribution in [3.8, 4) is 5.69 Å². The maximum Gasteiger partial charge on any atom is 0.319 e. The third-order valence-electron chi connectivity index (χ3n) is 3.69. The quantitative estimate of drug-likeness (QED) is 0.775. The van der Waals surface area contributed by atoms with Crippen molar-refractivity contribution in [3.05, 3.63) is 71.8 Å². The van der Waals surface area contributed by atoms with Crippen LogP contribution in [-0.2, 0) is 6.54 Å². The van der Waals surface area contributed by atoms with Gasteiger partial charge < -0.3 is 10.6 Å². The second kappa shape index (κ2) is 6.95. The number of anilines is 1. The molecule has 3 rings (SSSR count). The van der Waals surface area contributed by atoms with Crippen LogP contribution in [0.1, 0.15) is 17.0 Å². The van der Waals surface area contributed by atoms with Crippen LogP contribution in [0.25, 0.3) is 5.69 Å². The van der Waals surface area contributed by atoms with Crippen LogP contribution in [0.5, 0.6) is 0 Å². The Balaban J connectivity index is 1.64. The summed E-state index contributed by atoms with van der Waals surface area (Å²) >= 11 is 0. The minimum Gasteiger partial charge on any atom is -0.331 e. The first-order chi connectivity index (χ1) is 11.6. The zero-order valence-electron chi connectivity index (χ0n) is 13.7. The number of amides is 2. The first-order valence-electron chi connectivity index (χ1n) is 7.70. The minimum atomic E-state index is -0.274. The Morgan fingerprint density at radius 3 is 2.67 bits per heavy atom. The van der Waals surface area contributed by atoms with Crippen LogP contribution in [0.4, 0.5) is 10.5 Å². The van der Waals surface area contributed by atoms with Gasteiger partial charge in [0.1, 0.15) is 6.33 Å². The van der Waals surface area contributed by atoms with Crippen LogP contribution in [0.3, 0.4) is 0 Å². The molecule has 0 spiro atoms. The van der Waals surface area contributed by atoms with Crippen molar-refractivity contribution in [3.63, 3.8) is 0 Å². The van der Waals surface area contributed by atoms with Crippen LogP contribution in [0.2, 0.25) is 0 Å². The summed E-state index contributed by atoms with van der Waals surface area (Å²) in [5.74, 6) is 0.664. The second-order valence-corrected chi connectivity index (χ2v) is 5.58. The molecule has 6 nitrogen and oxygen atoms in total. The molecule has 0 saturated carbocycles. The maximum atomic E-state index is 12.1. The van der Waals surface area contributed by atoms with E-state index in [1.54, 1.807) is 6.33 Å². The molecule has 1 heterocycles. The van der Waals surface area contributed by atoms with E-state index < -0.39 is 0 Å². The molecule has 0 fully saturated rings. The van der Waals surface area contributed by atoms with E-state index in [4.69, 9.17) is 0 Å². The Morgan fingerprint density at radius 2 is 1.92 bits per heavy atom. The van der Waals surface area contributed by atoms with Gasteiger partial charge in [-0.3, -0.25) is 4.57 Å². The molecule has 122 valence electrons. The van der Waals surface area contributed by atoms with E-state index in [1.807, 2.05) is 66.9 Å². The van der Waals surface area contributed by atoms with Crippen LogP contribution >= 0.6 is 0 Å². The highest BCUT2D eigenvalue weighted by Crippen LogP contribution is 2.15. The lowest BCUT2D eigenvalue weighted by Crippen LogP contribution is -2.29. The van der Waals surface area contributed by atoms with E-state index in [9.17, 15) is 4.79 Å². The standard InChI is InChI=1S/C18H19N5O/c1-13-8-9-16(14(2)10-13)21-18(24)19-11-17-22-20-12-23(17)15-6-4-3-5-7-15/h3-10,12H,11H2,1-2H3,(H2,19,21,24). The summed E-state index contributed by atoms with van der Waals surface area (Å²) in [6, 6.07) is 15.4. The molecule has 1 aromatic heterocycles. The molecule has 24 heavy (non-hydrogen) atoms. The summed E-state index contributed by atoms with van der Waals surface area (Å²) in [6.45, 7) is 4.27. The van der Waals surface area contributed by atoms with Crippen molar-refractivity contribution in [2.24, 2.45) is 0 Å². The molecule has 0 unspecified atom stereocenters. The van der Waals surface area contributed by atoms with Gasteiger partial charge in [-0.25, -0.2) is 4.79 Å². The molecular weight excluding hydrogens is 302 g/mol. The molecule has 2 aromatic carbocycles. The fraction of sp³-hybridized carbons (Fsp3) is 0.167. The predicted molar refractivity (Wildman–Crippen MR) is 93.1 cm³/mol. The SMILES string of the molecule is Cc1ccc(NC(=O)NCc2nncn2-c2ccccc2)c(C)c1. The zero-order chi connectivity index (χ0) is 16.9. The molecule has 0 bridgehead atoms.